The third-order valence-electron chi connectivity index (χ3n) is 12.1. The molecule has 3 fully saturated rings. The molecule has 3 aromatic carbocycles. The Morgan fingerprint density at radius 1 is 0.952 bits per heavy atom. The zero-order chi connectivity index (χ0) is 43.4. The minimum Gasteiger partial charge on any atom is -0.387 e. The first kappa shape index (κ1) is 41.2. The van der Waals surface area contributed by atoms with E-state index in [9.17, 15) is 37.1 Å². The Hall–Kier alpha value is -6.15. The van der Waals surface area contributed by atoms with E-state index in [4.69, 9.17) is 0 Å². The van der Waals surface area contributed by atoms with Crippen LogP contribution in [0.1, 0.15) is 62.8 Å². The van der Waals surface area contributed by atoms with Crippen LogP contribution >= 0.6 is 0 Å². The van der Waals surface area contributed by atoms with E-state index in [1.54, 1.807) is 24.4 Å². The number of H-pyrrole nitrogens is 1. The lowest BCUT2D eigenvalue weighted by atomic mass is 9.99. The van der Waals surface area contributed by atoms with Gasteiger partial charge in [-0.2, -0.15) is 12.7 Å². The molecule has 4 aliphatic rings. The molecule has 0 bridgehead atoms. The van der Waals surface area contributed by atoms with Crippen LogP contribution in [0.15, 0.2) is 73.1 Å². The number of imide groups is 1. The van der Waals surface area contributed by atoms with Crippen molar-refractivity contribution >= 4 is 56.1 Å². The maximum atomic E-state index is 15.7. The normalized spacial score (nSPS) is 20.5. The number of piperidine rings is 1. The average Bonchev–Trinajstić information content (AvgIpc) is 3.99. The number of fused-ring (bicyclic) bond motifs is 2. The molecule has 19 heteroatoms. The number of carbonyl (C=O) groups excluding carboxylic acids is 4. The van der Waals surface area contributed by atoms with Gasteiger partial charge in [0.1, 0.15) is 23.7 Å². The second-order valence-electron chi connectivity index (χ2n) is 16.0. The number of nitrogens with zero attached hydrogens (tertiary/aromatic N) is 5. The van der Waals surface area contributed by atoms with Gasteiger partial charge < -0.3 is 19.9 Å². The van der Waals surface area contributed by atoms with E-state index in [0.717, 1.165) is 33.3 Å². The number of rotatable bonds is 11. The molecule has 6 heterocycles. The largest absolute Gasteiger partial charge is 0.387 e. The van der Waals surface area contributed by atoms with Crippen LogP contribution < -0.4 is 14.9 Å². The van der Waals surface area contributed by atoms with Crippen molar-refractivity contribution in [1.82, 2.24) is 29.4 Å². The highest BCUT2D eigenvalue weighted by molar-refractivity contribution is 7.90. The summed E-state index contributed by atoms with van der Waals surface area (Å²) in [6.45, 7) is 2.87. The topological polar surface area (TPSA) is 188 Å². The maximum absolute atomic E-state index is 15.7. The summed E-state index contributed by atoms with van der Waals surface area (Å²) in [5.41, 5.74) is 2.89. The van der Waals surface area contributed by atoms with Gasteiger partial charge in [0.05, 0.1) is 17.4 Å². The number of aromatic nitrogens is 2. The SMILES string of the molecule is O=C1CCC(N2Cc3cc([C@@H](O)CN4CCN(c5ccc(-c6cnc7[nH]cc(C(=O)c8c(F)ccc(NS(=O)(=O)N9CC[C@@H](F)C9)c8F)c7c6)cc5)CC4)ccc3C2=O)C(=O)N1. The maximum Gasteiger partial charge on any atom is 0.301 e. The first-order valence-corrected chi connectivity index (χ1v) is 21.6. The number of aliphatic hydroxyl groups excluding tert-OH is 1. The smallest absolute Gasteiger partial charge is 0.301 e. The van der Waals surface area contributed by atoms with Gasteiger partial charge in [-0.05, 0) is 65.9 Å². The Balaban J connectivity index is 0.830. The highest BCUT2D eigenvalue weighted by Gasteiger charge is 2.39. The molecule has 4 aliphatic heterocycles. The van der Waals surface area contributed by atoms with Crippen molar-refractivity contribution in [2.45, 2.75) is 44.1 Å². The molecule has 322 valence electrons. The fourth-order valence-electron chi connectivity index (χ4n) is 8.64. The van der Waals surface area contributed by atoms with E-state index in [0.29, 0.717) is 60.4 Å². The minimum absolute atomic E-state index is 0.00756. The Bertz CT molecular complexity index is 2740. The molecular weight excluding hydrogens is 830 g/mol. The molecule has 2 aromatic heterocycles. The molecule has 3 amide bonds. The van der Waals surface area contributed by atoms with Crippen molar-refractivity contribution in [3.05, 3.63) is 113 Å². The second kappa shape index (κ2) is 16.3. The number of halogens is 3. The van der Waals surface area contributed by atoms with E-state index in [1.165, 1.54) is 11.1 Å². The molecule has 3 saturated heterocycles. The van der Waals surface area contributed by atoms with Crippen LogP contribution in [0.2, 0.25) is 0 Å². The summed E-state index contributed by atoms with van der Waals surface area (Å²) in [5, 5.41) is 13.8. The summed E-state index contributed by atoms with van der Waals surface area (Å²) in [6.07, 6.45) is 1.18. The second-order valence-corrected chi connectivity index (χ2v) is 17.6. The number of ketones is 1. The summed E-state index contributed by atoms with van der Waals surface area (Å²) in [4.78, 5) is 64.0. The van der Waals surface area contributed by atoms with Gasteiger partial charge in [-0.25, -0.2) is 18.2 Å². The van der Waals surface area contributed by atoms with Crippen molar-refractivity contribution in [3.8, 4) is 11.1 Å². The number of pyridine rings is 1. The number of benzene rings is 3. The van der Waals surface area contributed by atoms with Gasteiger partial charge in [-0.15, -0.1) is 0 Å². The molecule has 0 saturated carbocycles. The molecular formula is C43H41F3N8O7S. The van der Waals surface area contributed by atoms with Crippen molar-refractivity contribution in [1.29, 1.82) is 0 Å². The molecule has 9 rings (SSSR count). The van der Waals surface area contributed by atoms with Crippen molar-refractivity contribution < 1.29 is 45.9 Å². The van der Waals surface area contributed by atoms with Gasteiger partial charge in [0.15, 0.2) is 5.82 Å². The number of anilines is 2. The third-order valence-corrected chi connectivity index (χ3v) is 13.6. The number of nitrogens with one attached hydrogen (secondary N) is 3. The standard InChI is InChI=1S/C43H41F3N8O7S/c44-28-11-12-53(22-28)62(60,61)50-34-8-7-33(45)38(39(34)46)40(57)32-20-48-41-31(32)18-26(19-47-41)24-1-4-29(5-2-24)52-15-13-51(14-16-52)23-36(55)25-3-6-30-27(17-25)21-54(43(30)59)35-9-10-37(56)49-42(35)58/h1-8,17-20,28,35-36,50,55H,9-16,21-23H2,(H,47,48)(H,49,56,58)/t28-,35?,36+/m1/s1. The number of alkyl halides is 1. The number of β-amino-alcohol motifs (C(OH)–C–C–N with tert-alkyl or cyclic N) is 1. The first-order valence-electron chi connectivity index (χ1n) is 20.2. The fraction of sp³-hybridized carbons (Fsp3) is 0.326. The van der Waals surface area contributed by atoms with Gasteiger partial charge >= 0.3 is 10.2 Å². The number of carbonyl (C=O) groups is 4. The Labute approximate surface area is 353 Å². The zero-order valence-electron chi connectivity index (χ0n) is 33.1. The molecule has 4 N–H and O–H groups in total. The summed E-state index contributed by atoms with van der Waals surface area (Å²) in [6, 6.07) is 15.6. The molecule has 1 unspecified atom stereocenters. The number of hydrogen-bond donors (Lipinski definition) is 4. The third kappa shape index (κ3) is 7.80. The van der Waals surface area contributed by atoms with Crippen molar-refractivity contribution in [3.63, 3.8) is 0 Å². The Morgan fingerprint density at radius 2 is 1.73 bits per heavy atom. The van der Waals surface area contributed by atoms with Crippen LogP contribution in [0.25, 0.3) is 22.2 Å². The van der Waals surface area contributed by atoms with Gasteiger partial charge in [-0.3, -0.25) is 34.1 Å². The minimum atomic E-state index is -4.37. The summed E-state index contributed by atoms with van der Waals surface area (Å²) < 4.78 is 72.9. The van der Waals surface area contributed by atoms with Crippen molar-refractivity contribution in [2.75, 3.05) is 55.4 Å². The van der Waals surface area contributed by atoms with Crippen LogP contribution in [-0.4, -0.2) is 119 Å². The van der Waals surface area contributed by atoms with Crippen LogP contribution in [-0.2, 0) is 26.3 Å². The molecule has 0 radical (unpaired) electrons. The van der Waals surface area contributed by atoms with Crippen LogP contribution in [0.5, 0.6) is 0 Å². The Kier molecular flexibility index (Phi) is 10.8. The van der Waals surface area contributed by atoms with E-state index in [1.807, 2.05) is 35.1 Å². The molecule has 3 atom stereocenters. The quantitative estimate of drug-likeness (QED) is 0.111. The van der Waals surface area contributed by atoms with E-state index in [-0.39, 0.29) is 49.7 Å². The monoisotopic (exact) mass is 870 g/mol. The highest BCUT2D eigenvalue weighted by Crippen LogP contribution is 2.33. The first-order chi connectivity index (χ1) is 29.7. The number of aliphatic hydroxyl groups is 1. The summed E-state index contributed by atoms with van der Waals surface area (Å²) >= 11 is 0. The zero-order valence-corrected chi connectivity index (χ0v) is 33.9. The van der Waals surface area contributed by atoms with Crippen LogP contribution in [0.4, 0.5) is 24.5 Å². The Morgan fingerprint density at radius 3 is 2.45 bits per heavy atom. The van der Waals surface area contributed by atoms with E-state index in [2.05, 4.69) is 25.1 Å². The molecule has 62 heavy (non-hydrogen) atoms. The summed E-state index contributed by atoms with van der Waals surface area (Å²) in [5.74, 6) is -4.70. The van der Waals surface area contributed by atoms with Gasteiger partial charge in [-0.1, -0.05) is 24.3 Å². The fourth-order valence-corrected chi connectivity index (χ4v) is 9.91. The lowest BCUT2D eigenvalue weighted by Crippen LogP contribution is -2.52. The van der Waals surface area contributed by atoms with Gasteiger partial charge in [0, 0.05) is 98.9 Å². The van der Waals surface area contributed by atoms with Crippen LogP contribution in [0, 0.1) is 11.6 Å². The van der Waals surface area contributed by atoms with Crippen molar-refractivity contribution in [2.24, 2.45) is 0 Å². The molecule has 5 aromatic rings. The number of amides is 3. The van der Waals surface area contributed by atoms with E-state index < -0.39 is 69.6 Å². The molecule has 0 aliphatic carbocycles. The lowest BCUT2D eigenvalue weighted by Gasteiger charge is -2.37. The number of hydrogen-bond acceptors (Lipinski definition) is 10. The number of piperazine rings is 1. The predicted octanol–water partition coefficient (Wildman–Crippen LogP) is 4.06. The van der Waals surface area contributed by atoms with E-state index >= 15 is 8.78 Å². The summed E-state index contributed by atoms with van der Waals surface area (Å²) in [7, 11) is -4.37. The predicted molar refractivity (Wildman–Crippen MR) is 221 cm³/mol. The molecule has 15 nitrogen and oxygen atoms in total. The van der Waals surface area contributed by atoms with Gasteiger partial charge in [0.25, 0.3) is 5.91 Å². The molecule has 0 spiro atoms. The average molecular weight is 871 g/mol. The van der Waals surface area contributed by atoms with Crippen LogP contribution in [0.3, 0.4) is 0 Å². The lowest BCUT2D eigenvalue weighted by molar-refractivity contribution is -0.136. The number of aromatic amines is 1. The van der Waals surface area contributed by atoms with Gasteiger partial charge in [0.2, 0.25) is 17.6 Å². The highest BCUT2D eigenvalue weighted by atomic mass is 32.2.